The van der Waals surface area contributed by atoms with Crippen LogP contribution >= 0.6 is 0 Å². The number of imidazole rings is 1. The van der Waals surface area contributed by atoms with Gasteiger partial charge in [-0.15, -0.1) is 0 Å². The van der Waals surface area contributed by atoms with Crippen molar-refractivity contribution in [2.24, 2.45) is 5.92 Å². The number of hydrogen-bond donors (Lipinski definition) is 1. The van der Waals surface area contributed by atoms with Gasteiger partial charge in [0.2, 0.25) is 5.91 Å². The van der Waals surface area contributed by atoms with Gasteiger partial charge in [0.15, 0.2) is 0 Å². The second kappa shape index (κ2) is 7.35. The number of rotatable bonds is 5. The quantitative estimate of drug-likeness (QED) is 0.903. The molecule has 6 heteroatoms. The number of aromatic nitrogens is 3. The number of likely N-dealkylation sites (tertiary alicyclic amines) is 2. The fourth-order valence-electron chi connectivity index (χ4n) is 4.25. The van der Waals surface area contributed by atoms with Crippen molar-refractivity contribution in [3.8, 4) is 0 Å². The molecule has 6 nitrogen and oxygen atoms in total. The highest BCUT2D eigenvalue weighted by Gasteiger charge is 2.38. The molecule has 0 spiro atoms. The molecule has 0 unspecified atom stereocenters. The van der Waals surface area contributed by atoms with Gasteiger partial charge in [-0.1, -0.05) is 6.07 Å². The maximum atomic E-state index is 12.5. The Morgan fingerprint density at radius 3 is 3.04 bits per heavy atom. The van der Waals surface area contributed by atoms with Crippen molar-refractivity contribution < 1.29 is 4.79 Å². The smallest absolute Gasteiger partial charge is 0.222 e. The molecule has 2 aromatic rings. The second-order valence-corrected chi connectivity index (χ2v) is 7.12. The Bertz CT molecular complexity index is 687. The Morgan fingerprint density at radius 2 is 2.24 bits per heavy atom. The summed E-state index contributed by atoms with van der Waals surface area (Å²) in [5, 5.41) is 0. The minimum Gasteiger partial charge on any atom is -0.347 e. The van der Waals surface area contributed by atoms with E-state index in [1.54, 1.807) is 6.33 Å². The molecule has 1 amide bonds. The third kappa shape index (κ3) is 3.74. The first-order valence-electron chi connectivity index (χ1n) is 9.18. The Kier molecular flexibility index (Phi) is 4.78. The van der Waals surface area contributed by atoms with E-state index in [9.17, 15) is 4.79 Å². The summed E-state index contributed by atoms with van der Waals surface area (Å²) >= 11 is 0. The Hall–Kier alpha value is -2.21. The lowest BCUT2D eigenvalue weighted by Gasteiger charge is -2.47. The van der Waals surface area contributed by atoms with Gasteiger partial charge in [-0.05, 0) is 30.9 Å². The molecule has 132 valence electrons. The van der Waals surface area contributed by atoms with Crippen LogP contribution in [0.2, 0.25) is 0 Å². The minimum absolute atomic E-state index is 0.319. The van der Waals surface area contributed by atoms with Crippen molar-refractivity contribution in [2.75, 3.05) is 19.6 Å². The molecule has 0 saturated carbocycles. The summed E-state index contributed by atoms with van der Waals surface area (Å²) in [6.07, 6.45) is 9.06. The van der Waals surface area contributed by atoms with E-state index in [0.29, 0.717) is 24.3 Å². The maximum absolute atomic E-state index is 12.5. The number of hydrogen-bond acceptors (Lipinski definition) is 4. The van der Waals surface area contributed by atoms with Crippen molar-refractivity contribution in [3.05, 3.63) is 48.3 Å². The largest absolute Gasteiger partial charge is 0.347 e. The van der Waals surface area contributed by atoms with Crippen LogP contribution in [-0.2, 0) is 17.8 Å². The topological polar surface area (TPSA) is 65.1 Å². The molecule has 2 aliphatic rings. The molecule has 1 N–H and O–H groups in total. The lowest BCUT2D eigenvalue weighted by atomic mass is 9.83. The average Bonchev–Trinajstić information content (AvgIpc) is 3.15. The Balaban J connectivity index is 1.37. The lowest BCUT2D eigenvalue weighted by molar-refractivity contribution is -0.141. The van der Waals surface area contributed by atoms with Crippen LogP contribution in [0.25, 0.3) is 0 Å². The molecule has 2 aliphatic heterocycles. The predicted molar refractivity (Wildman–Crippen MR) is 94.6 cm³/mol. The number of amides is 1. The molecule has 2 aromatic heterocycles. The summed E-state index contributed by atoms with van der Waals surface area (Å²) in [6.45, 7) is 3.81. The van der Waals surface area contributed by atoms with E-state index in [2.05, 4.69) is 24.8 Å². The Morgan fingerprint density at radius 1 is 1.28 bits per heavy atom. The first-order valence-corrected chi connectivity index (χ1v) is 9.18. The summed E-state index contributed by atoms with van der Waals surface area (Å²) in [4.78, 5) is 28.8. The summed E-state index contributed by atoms with van der Waals surface area (Å²) in [6, 6.07) is 6.37. The minimum atomic E-state index is 0.319. The number of nitrogens with one attached hydrogen (secondary N) is 1. The van der Waals surface area contributed by atoms with Gasteiger partial charge >= 0.3 is 0 Å². The standard InChI is InChI=1S/C19H25N5O/c25-19-5-4-15-12-23(13-17-11-20-14-22-17)9-7-18(15)24(19)10-6-16-3-1-2-8-21-16/h1-3,8,11,14-15,18H,4-7,9-10,12-13H2,(H,20,22)/t15-,18+/m0/s1. The molecule has 2 saturated heterocycles. The van der Waals surface area contributed by atoms with Crippen LogP contribution in [0.15, 0.2) is 36.9 Å². The summed E-state index contributed by atoms with van der Waals surface area (Å²) < 4.78 is 0. The van der Waals surface area contributed by atoms with Crippen LogP contribution in [0.5, 0.6) is 0 Å². The van der Waals surface area contributed by atoms with E-state index >= 15 is 0 Å². The normalized spacial score (nSPS) is 24.3. The van der Waals surface area contributed by atoms with E-state index < -0.39 is 0 Å². The van der Waals surface area contributed by atoms with E-state index in [-0.39, 0.29) is 0 Å². The third-order valence-corrected chi connectivity index (χ3v) is 5.51. The highest BCUT2D eigenvalue weighted by atomic mass is 16.2. The number of fused-ring (bicyclic) bond motifs is 1. The van der Waals surface area contributed by atoms with Crippen LogP contribution < -0.4 is 0 Å². The monoisotopic (exact) mass is 339 g/mol. The molecular weight excluding hydrogens is 314 g/mol. The summed E-state index contributed by atoms with van der Waals surface area (Å²) in [7, 11) is 0. The first kappa shape index (κ1) is 16.3. The zero-order chi connectivity index (χ0) is 17.1. The zero-order valence-electron chi connectivity index (χ0n) is 14.5. The first-order chi connectivity index (χ1) is 12.3. The maximum Gasteiger partial charge on any atom is 0.222 e. The molecular formula is C19H25N5O. The summed E-state index contributed by atoms with van der Waals surface area (Å²) in [5.74, 6) is 0.900. The third-order valence-electron chi connectivity index (χ3n) is 5.51. The number of pyridine rings is 1. The van der Waals surface area contributed by atoms with Crippen molar-refractivity contribution in [2.45, 2.75) is 38.3 Å². The van der Waals surface area contributed by atoms with Gasteiger partial charge in [0.05, 0.1) is 6.33 Å². The molecule has 0 bridgehead atoms. The van der Waals surface area contributed by atoms with Gasteiger partial charge in [0, 0.05) is 68.8 Å². The number of nitrogens with zero attached hydrogens (tertiary/aromatic N) is 4. The highest BCUT2D eigenvalue weighted by molar-refractivity contribution is 5.77. The Labute approximate surface area is 148 Å². The van der Waals surface area contributed by atoms with Crippen LogP contribution in [-0.4, -0.2) is 56.3 Å². The molecule has 0 aliphatic carbocycles. The molecule has 0 aromatic carbocycles. The van der Waals surface area contributed by atoms with E-state index in [1.165, 1.54) is 0 Å². The summed E-state index contributed by atoms with van der Waals surface area (Å²) in [5.41, 5.74) is 2.23. The highest BCUT2D eigenvalue weighted by Crippen LogP contribution is 2.31. The van der Waals surface area contributed by atoms with E-state index in [1.807, 2.05) is 30.6 Å². The lowest BCUT2D eigenvalue weighted by Crippen LogP contribution is -2.56. The molecule has 4 heterocycles. The van der Waals surface area contributed by atoms with Gasteiger partial charge in [0.25, 0.3) is 0 Å². The van der Waals surface area contributed by atoms with Gasteiger partial charge in [-0.2, -0.15) is 0 Å². The van der Waals surface area contributed by atoms with Crippen molar-refractivity contribution in [1.29, 1.82) is 0 Å². The van der Waals surface area contributed by atoms with Gasteiger partial charge in [0.1, 0.15) is 0 Å². The predicted octanol–water partition coefficient (Wildman–Crippen LogP) is 1.86. The van der Waals surface area contributed by atoms with Crippen molar-refractivity contribution in [3.63, 3.8) is 0 Å². The van der Waals surface area contributed by atoms with E-state index in [0.717, 1.165) is 56.8 Å². The van der Waals surface area contributed by atoms with Crippen molar-refractivity contribution in [1.82, 2.24) is 24.8 Å². The van der Waals surface area contributed by atoms with Crippen LogP contribution in [0.3, 0.4) is 0 Å². The fourth-order valence-corrected chi connectivity index (χ4v) is 4.25. The van der Waals surface area contributed by atoms with Gasteiger partial charge in [-0.25, -0.2) is 4.98 Å². The second-order valence-electron chi connectivity index (χ2n) is 7.12. The van der Waals surface area contributed by atoms with Gasteiger partial charge in [-0.3, -0.25) is 14.7 Å². The molecule has 2 fully saturated rings. The zero-order valence-corrected chi connectivity index (χ0v) is 14.5. The van der Waals surface area contributed by atoms with Crippen molar-refractivity contribution >= 4 is 5.91 Å². The van der Waals surface area contributed by atoms with E-state index in [4.69, 9.17) is 0 Å². The number of carbonyl (C=O) groups is 1. The molecule has 2 atom stereocenters. The molecule has 4 rings (SSSR count). The van der Waals surface area contributed by atoms with Crippen LogP contribution in [0.1, 0.15) is 30.7 Å². The van der Waals surface area contributed by atoms with Gasteiger partial charge < -0.3 is 9.88 Å². The average molecular weight is 339 g/mol. The number of carbonyl (C=O) groups excluding carboxylic acids is 1. The molecule has 25 heavy (non-hydrogen) atoms. The SMILES string of the molecule is O=C1CC[C@H]2CN(Cc3cnc[nH]3)CC[C@H]2N1CCc1ccccn1. The van der Waals surface area contributed by atoms with Crippen LogP contribution in [0.4, 0.5) is 0 Å². The fraction of sp³-hybridized carbons (Fsp3) is 0.526. The molecule has 0 radical (unpaired) electrons. The van der Waals surface area contributed by atoms with Crippen LogP contribution in [0, 0.1) is 5.92 Å². The number of H-pyrrole nitrogens is 1. The number of aromatic amines is 1. The number of piperidine rings is 2.